The molecule has 0 spiro atoms. The Bertz CT molecular complexity index is 722. The lowest BCUT2D eigenvalue weighted by molar-refractivity contribution is 1.44. The maximum atomic E-state index is 5.90. The van der Waals surface area contributed by atoms with Crippen molar-refractivity contribution in [2.45, 2.75) is 11.8 Å². The Hall–Kier alpha value is -1.74. The van der Waals surface area contributed by atoms with Crippen LogP contribution in [0.1, 0.15) is 6.92 Å². The molecule has 0 fully saturated rings. The highest BCUT2D eigenvalue weighted by Crippen LogP contribution is 2.34. The van der Waals surface area contributed by atoms with E-state index in [2.05, 4.69) is 25.1 Å². The predicted octanol–water partition coefficient (Wildman–Crippen LogP) is 4.08. The Morgan fingerprint density at radius 3 is 2.67 bits per heavy atom. The molecule has 0 aliphatic rings. The second-order valence-electron chi connectivity index (χ2n) is 4.17. The summed E-state index contributed by atoms with van der Waals surface area (Å²) in [5.41, 5.74) is 8.75. The van der Waals surface area contributed by atoms with Crippen molar-refractivity contribution in [2.75, 3.05) is 11.5 Å². The van der Waals surface area contributed by atoms with Gasteiger partial charge < -0.3 is 5.73 Å². The summed E-state index contributed by atoms with van der Waals surface area (Å²) < 4.78 is 0. The van der Waals surface area contributed by atoms with Crippen LogP contribution >= 0.6 is 11.8 Å². The molecule has 2 nitrogen and oxygen atoms in total. The molecule has 18 heavy (non-hydrogen) atoms. The minimum absolute atomic E-state index is 0.789. The highest BCUT2D eigenvalue weighted by Gasteiger charge is 2.08. The highest BCUT2D eigenvalue weighted by molar-refractivity contribution is 7.99. The molecular formula is C15H14N2S. The van der Waals surface area contributed by atoms with Crippen LogP contribution in [0.25, 0.3) is 21.8 Å². The number of thioether (sulfide) groups is 1. The van der Waals surface area contributed by atoms with Crippen molar-refractivity contribution < 1.29 is 0 Å². The van der Waals surface area contributed by atoms with Crippen molar-refractivity contribution in [1.29, 1.82) is 0 Å². The molecule has 0 saturated heterocycles. The van der Waals surface area contributed by atoms with Crippen LogP contribution in [0.5, 0.6) is 0 Å². The average Bonchev–Trinajstić information content (AvgIpc) is 2.39. The molecule has 0 unspecified atom stereocenters. The zero-order valence-electron chi connectivity index (χ0n) is 10.2. The molecule has 0 aliphatic carbocycles. The molecule has 1 aromatic heterocycles. The van der Waals surface area contributed by atoms with Crippen molar-refractivity contribution in [3.63, 3.8) is 0 Å². The lowest BCUT2D eigenvalue weighted by Crippen LogP contribution is -1.90. The van der Waals surface area contributed by atoms with Crippen LogP contribution in [0.3, 0.4) is 0 Å². The molecule has 3 aromatic rings. The Morgan fingerprint density at radius 2 is 1.83 bits per heavy atom. The molecule has 1 heterocycles. The molecule has 2 aromatic carbocycles. The van der Waals surface area contributed by atoms with Gasteiger partial charge in [0.25, 0.3) is 0 Å². The van der Waals surface area contributed by atoms with Gasteiger partial charge in [0.05, 0.1) is 11.0 Å². The van der Waals surface area contributed by atoms with Crippen molar-refractivity contribution in [3.8, 4) is 0 Å². The van der Waals surface area contributed by atoms with E-state index in [0.717, 1.165) is 27.9 Å². The first-order valence-corrected chi connectivity index (χ1v) is 6.99. The number of hydrogen-bond donors (Lipinski definition) is 1. The number of rotatable bonds is 2. The third-order valence-corrected chi connectivity index (χ3v) is 3.96. The van der Waals surface area contributed by atoms with Gasteiger partial charge in [-0.25, -0.2) is 4.98 Å². The van der Waals surface area contributed by atoms with Gasteiger partial charge in [0.2, 0.25) is 0 Å². The van der Waals surface area contributed by atoms with E-state index in [-0.39, 0.29) is 0 Å². The van der Waals surface area contributed by atoms with E-state index in [0.29, 0.717) is 0 Å². The van der Waals surface area contributed by atoms with Gasteiger partial charge in [0.15, 0.2) is 0 Å². The molecular weight excluding hydrogens is 240 g/mol. The van der Waals surface area contributed by atoms with Crippen molar-refractivity contribution in [3.05, 3.63) is 42.5 Å². The zero-order valence-corrected chi connectivity index (χ0v) is 11.0. The van der Waals surface area contributed by atoms with Crippen LogP contribution in [-0.4, -0.2) is 10.7 Å². The predicted molar refractivity (Wildman–Crippen MR) is 80.1 cm³/mol. The Balaban J connectivity index is 2.46. The van der Waals surface area contributed by atoms with Gasteiger partial charge in [-0.05, 0) is 30.0 Å². The van der Waals surface area contributed by atoms with Crippen LogP contribution in [-0.2, 0) is 0 Å². The van der Waals surface area contributed by atoms with Gasteiger partial charge >= 0.3 is 0 Å². The van der Waals surface area contributed by atoms with Crippen molar-refractivity contribution in [1.82, 2.24) is 4.98 Å². The number of nitrogens with zero attached hydrogens (tertiary/aromatic N) is 1. The molecule has 2 N–H and O–H groups in total. The third kappa shape index (κ3) is 1.81. The van der Waals surface area contributed by atoms with Crippen LogP contribution in [0.2, 0.25) is 0 Å². The number of pyridine rings is 1. The largest absolute Gasteiger partial charge is 0.399 e. The highest BCUT2D eigenvalue weighted by atomic mass is 32.2. The van der Waals surface area contributed by atoms with Gasteiger partial charge in [-0.15, -0.1) is 11.8 Å². The van der Waals surface area contributed by atoms with E-state index in [9.17, 15) is 0 Å². The average molecular weight is 254 g/mol. The molecule has 0 amide bonds. The first-order chi connectivity index (χ1) is 8.79. The summed E-state index contributed by atoms with van der Waals surface area (Å²) in [4.78, 5) is 5.98. The fraction of sp³-hybridized carbons (Fsp3) is 0.133. The molecule has 0 atom stereocenters. The maximum Gasteiger partial charge on any atom is 0.0722 e. The number of benzene rings is 2. The minimum atomic E-state index is 0.789. The Labute approximate surface area is 110 Å². The number of nitrogens with two attached hydrogens (primary N) is 1. The Kier molecular flexibility index (Phi) is 2.84. The minimum Gasteiger partial charge on any atom is -0.399 e. The van der Waals surface area contributed by atoms with Crippen LogP contribution in [0, 0.1) is 0 Å². The summed E-state index contributed by atoms with van der Waals surface area (Å²) in [5, 5.41) is 2.36. The normalized spacial score (nSPS) is 11.2. The van der Waals surface area contributed by atoms with Crippen LogP contribution in [0.15, 0.2) is 47.4 Å². The second-order valence-corrected chi connectivity index (χ2v) is 5.44. The third-order valence-electron chi connectivity index (χ3n) is 2.94. The lowest BCUT2D eigenvalue weighted by Gasteiger charge is -2.10. The fourth-order valence-corrected chi connectivity index (χ4v) is 3.11. The summed E-state index contributed by atoms with van der Waals surface area (Å²) in [6.45, 7) is 2.16. The summed E-state index contributed by atoms with van der Waals surface area (Å²) in [6, 6.07) is 14.2. The topological polar surface area (TPSA) is 38.9 Å². The number of aromatic nitrogens is 1. The molecule has 3 heteroatoms. The van der Waals surface area contributed by atoms with Gasteiger partial charge in [-0.3, -0.25) is 0 Å². The molecule has 0 saturated carbocycles. The van der Waals surface area contributed by atoms with Gasteiger partial charge in [-0.2, -0.15) is 0 Å². The van der Waals surface area contributed by atoms with Crippen molar-refractivity contribution >= 4 is 39.3 Å². The smallest absolute Gasteiger partial charge is 0.0722 e. The second kappa shape index (κ2) is 4.50. The van der Waals surface area contributed by atoms with Crippen LogP contribution < -0.4 is 5.73 Å². The molecule has 0 radical (unpaired) electrons. The van der Waals surface area contributed by atoms with E-state index in [4.69, 9.17) is 10.7 Å². The molecule has 90 valence electrons. The summed E-state index contributed by atoms with van der Waals surface area (Å²) in [7, 11) is 0. The van der Waals surface area contributed by atoms with E-state index < -0.39 is 0 Å². The van der Waals surface area contributed by atoms with Crippen molar-refractivity contribution in [2.24, 2.45) is 0 Å². The number of nitrogen functional groups attached to an aromatic ring is 1. The van der Waals surface area contributed by atoms with Gasteiger partial charge in [0, 0.05) is 21.4 Å². The standard InChI is InChI=1S/C15H14N2S/c1-2-18-15-11-5-3-4-6-13(11)17-14-8-7-10(16)9-12(14)15/h3-9H,2,16H2,1H3. The summed E-state index contributed by atoms with van der Waals surface area (Å²) in [5.74, 6) is 1.04. The Morgan fingerprint density at radius 1 is 1.06 bits per heavy atom. The maximum absolute atomic E-state index is 5.90. The summed E-state index contributed by atoms with van der Waals surface area (Å²) in [6.07, 6.45) is 0. The van der Waals surface area contributed by atoms with Gasteiger partial charge in [-0.1, -0.05) is 25.1 Å². The van der Waals surface area contributed by atoms with Crippen LogP contribution in [0.4, 0.5) is 5.69 Å². The quantitative estimate of drug-likeness (QED) is 0.425. The number of para-hydroxylation sites is 1. The summed E-state index contributed by atoms with van der Waals surface area (Å²) >= 11 is 1.85. The number of hydrogen-bond acceptors (Lipinski definition) is 3. The van der Waals surface area contributed by atoms with Gasteiger partial charge in [0.1, 0.15) is 0 Å². The first-order valence-electron chi connectivity index (χ1n) is 6.00. The fourth-order valence-electron chi connectivity index (χ4n) is 2.17. The SMILES string of the molecule is CCSc1c2ccccc2nc2ccc(N)cc12. The van der Waals surface area contributed by atoms with E-state index in [1.54, 1.807) is 0 Å². The molecule has 3 rings (SSSR count). The molecule has 0 aliphatic heterocycles. The lowest BCUT2D eigenvalue weighted by atomic mass is 10.1. The number of anilines is 1. The first kappa shape index (κ1) is 11.4. The van der Waals surface area contributed by atoms with E-state index in [1.807, 2.05) is 36.0 Å². The zero-order chi connectivity index (χ0) is 12.5. The van der Waals surface area contributed by atoms with E-state index >= 15 is 0 Å². The monoisotopic (exact) mass is 254 g/mol. The number of fused-ring (bicyclic) bond motifs is 2. The van der Waals surface area contributed by atoms with E-state index in [1.165, 1.54) is 10.3 Å². The molecule has 0 bridgehead atoms.